The fourth-order valence-electron chi connectivity index (χ4n) is 1.83. The summed E-state index contributed by atoms with van der Waals surface area (Å²) >= 11 is 4.55. The van der Waals surface area contributed by atoms with Crippen molar-refractivity contribution in [2.75, 3.05) is 0 Å². The Kier molecular flexibility index (Phi) is 4.24. The van der Waals surface area contributed by atoms with E-state index in [1.54, 1.807) is 0 Å². The van der Waals surface area contributed by atoms with Crippen molar-refractivity contribution in [2.24, 2.45) is 0 Å². The van der Waals surface area contributed by atoms with Crippen LogP contribution in [0.15, 0.2) is 60.7 Å². The van der Waals surface area contributed by atoms with Gasteiger partial charge in [-0.25, -0.2) is 0 Å². The van der Waals surface area contributed by atoms with Crippen LogP contribution in [0.2, 0.25) is 0 Å². The van der Waals surface area contributed by atoms with Crippen molar-refractivity contribution in [3.63, 3.8) is 0 Å². The van der Waals surface area contributed by atoms with Crippen LogP contribution in [-0.4, -0.2) is 5.11 Å². The lowest BCUT2D eigenvalue weighted by molar-refractivity contribution is 0.167. The number of hydrogen-bond acceptors (Lipinski definition) is 2. The lowest BCUT2D eigenvalue weighted by Gasteiger charge is -2.16. The smallest absolute Gasteiger partial charge is 0.0803 e. The molecule has 0 bridgehead atoms. The van der Waals surface area contributed by atoms with Gasteiger partial charge in [-0.2, -0.15) is 12.6 Å². The Labute approximate surface area is 108 Å². The molecule has 0 saturated heterocycles. The molecule has 2 unspecified atom stereocenters. The van der Waals surface area contributed by atoms with Gasteiger partial charge in [0, 0.05) is 5.25 Å². The van der Waals surface area contributed by atoms with E-state index in [1.807, 2.05) is 60.7 Å². The SMILES string of the molecule is OC(CC(S)c1ccccc1)c1ccccc1. The minimum Gasteiger partial charge on any atom is -0.388 e. The molecule has 88 valence electrons. The van der Waals surface area contributed by atoms with E-state index in [0.29, 0.717) is 6.42 Å². The molecule has 0 heterocycles. The summed E-state index contributed by atoms with van der Waals surface area (Å²) in [4.78, 5) is 0. The van der Waals surface area contributed by atoms with E-state index < -0.39 is 6.10 Å². The van der Waals surface area contributed by atoms with Gasteiger partial charge < -0.3 is 5.11 Å². The topological polar surface area (TPSA) is 20.2 Å². The maximum absolute atomic E-state index is 10.1. The Morgan fingerprint density at radius 1 is 0.824 bits per heavy atom. The van der Waals surface area contributed by atoms with Crippen molar-refractivity contribution >= 4 is 12.6 Å². The summed E-state index contributed by atoms with van der Waals surface area (Å²) in [6.45, 7) is 0. The number of thiol groups is 1. The first-order valence-corrected chi connectivity index (χ1v) is 6.25. The van der Waals surface area contributed by atoms with Crippen molar-refractivity contribution < 1.29 is 5.11 Å². The van der Waals surface area contributed by atoms with Crippen LogP contribution in [0.4, 0.5) is 0 Å². The maximum Gasteiger partial charge on any atom is 0.0803 e. The van der Waals surface area contributed by atoms with Crippen LogP contribution < -0.4 is 0 Å². The number of aliphatic hydroxyl groups excluding tert-OH is 1. The van der Waals surface area contributed by atoms with E-state index >= 15 is 0 Å². The predicted molar refractivity (Wildman–Crippen MR) is 74.2 cm³/mol. The summed E-state index contributed by atoms with van der Waals surface area (Å²) in [5, 5.41) is 10.2. The van der Waals surface area contributed by atoms with Crippen LogP contribution >= 0.6 is 12.6 Å². The minimum absolute atomic E-state index is 0.0615. The standard InChI is InChI=1S/C15H16OS/c16-14(12-7-3-1-4-8-12)11-15(17)13-9-5-2-6-10-13/h1-10,14-17H,11H2. The van der Waals surface area contributed by atoms with E-state index in [0.717, 1.165) is 11.1 Å². The highest BCUT2D eigenvalue weighted by Crippen LogP contribution is 2.30. The normalized spacial score (nSPS) is 14.2. The first-order valence-electron chi connectivity index (χ1n) is 5.73. The molecule has 2 aromatic carbocycles. The molecule has 0 radical (unpaired) electrons. The van der Waals surface area contributed by atoms with Gasteiger partial charge in [-0.15, -0.1) is 0 Å². The van der Waals surface area contributed by atoms with Crippen LogP contribution in [0.5, 0.6) is 0 Å². The molecule has 1 nitrogen and oxygen atoms in total. The molecule has 0 aliphatic carbocycles. The Hall–Kier alpha value is -1.25. The molecule has 2 heteroatoms. The van der Waals surface area contributed by atoms with Crippen LogP contribution in [0.1, 0.15) is 28.9 Å². The highest BCUT2D eigenvalue weighted by atomic mass is 32.1. The number of aliphatic hydroxyl groups is 1. The molecular weight excluding hydrogens is 228 g/mol. The zero-order valence-corrected chi connectivity index (χ0v) is 10.4. The Morgan fingerprint density at radius 2 is 1.29 bits per heavy atom. The Balaban J connectivity index is 2.02. The molecule has 0 amide bonds. The fourth-order valence-corrected chi connectivity index (χ4v) is 2.21. The van der Waals surface area contributed by atoms with Gasteiger partial charge in [0.2, 0.25) is 0 Å². The lowest BCUT2D eigenvalue weighted by atomic mass is 10.0. The predicted octanol–water partition coefficient (Wildman–Crippen LogP) is 3.78. The molecule has 2 aromatic rings. The fraction of sp³-hybridized carbons (Fsp3) is 0.200. The molecule has 0 aliphatic heterocycles. The van der Waals surface area contributed by atoms with E-state index in [1.165, 1.54) is 0 Å². The third kappa shape index (κ3) is 3.35. The Bertz CT molecular complexity index is 397. The highest BCUT2D eigenvalue weighted by molar-refractivity contribution is 7.80. The average Bonchev–Trinajstić information content (AvgIpc) is 2.40. The zero-order chi connectivity index (χ0) is 12.1. The molecule has 0 aromatic heterocycles. The van der Waals surface area contributed by atoms with Gasteiger partial charge in [-0.1, -0.05) is 60.7 Å². The van der Waals surface area contributed by atoms with Crippen molar-refractivity contribution in [3.05, 3.63) is 71.8 Å². The molecular formula is C15H16OS. The summed E-state index contributed by atoms with van der Waals surface area (Å²) in [6.07, 6.45) is 0.163. The second-order valence-electron chi connectivity index (χ2n) is 4.09. The van der Waals surface area contributed by atoms with Gasteiger partial charge in [-0.05, 0) is 17.5 Å². The van der Waals surface area contributed by atoms with Gasteiger partial charge in [0.05, 0.1) is 6.10 Å². The molecule has 1 N–H and O–H groups in total. The van der Waals surface area contributed by atoms with Crippen molar-refractivity contribution in [2.45, 2.75) is 17.8 Å². The van der Waals surface area contributed by atoms with Gasteiger partial charge >= 0.3 is 0 Å². The third-order valence-electron chi connectivity index (χ3n) is 2.82. The molecule has 2 atom stereocenters. The Morgan fingerprint density at radius 3 is 1.82 bits per heavy atom. The van der Waals surface area contributed by atoms with Gasteiger partial charge in [0.25, 0.3) is 0 Å². The van der Waals surface area contributed by atoms with Crippen molar-refractivity contribution in [1.29, 1.82) is 0 Å². The third-order valence-corrected chi connectivity index (χ3v) is 3.32. The lowest BCUT2D eigenvalue weighted by Crippen LogP contribution is -2.01. The first-order chi connectivity index (χ1) is 8.27. The summed E-state index contributed by atoms with van der Waals surface area (Å²) in [6, 6.07) is 19.8. The van der Waals surface area contributed by atoms with E-state index in [2.05, 4.69) is 12.6 Å². The quantitative estimate of drug-likeness (QED) is 0.784. The second kappa shape index (κ2) is 5.89. The van der Waals surface area contributed by atoms with Gasteiger partial charge in [0.15, 0.2) is 0 Å². The van der Waals surface area contributed by atoms with Crippen LogP contribution in [0.25, 0.3) is 0 Å². The van der Waals surface area contributed by atoms with Crippen molar-refractivity contribution in [1.82, 2.24) is 0 Å². The van der Waals surface area contributed by atoms with Crippen molar-refractivity contribution in [3.8, 4) is 0 Å². The zero-order valence-electron chi connectivity index (χ0n) is 9.53. The van der Waals surface area contributed by atoms with E-state index in [4.69, 9.17) is 0 Å². The van der Waals surface area contributed by atoms with Gasteiger partial charge in [0.1, 0.15) is 0 Å². The number of rotatable bonds is 4. The molecule has 2 rings (SSSR count). The van der Waals surface area contributed by atoms with Gasteiger partial charge in [-0.3, -0.25) is 0 Å². The highest BCUT2D eigenvalue weighted by Gasteiger charge is 2.13. The molecule has 0 aliphatic rings. The van der Waals surface area contributed by atoms with Crippen LogP contribution in [0.3, 0.4) is 0 Å². The average molecular weight is 244 g/mol. The van der Waals surface area contributed by atoms with Crippen LogP contribution in [-0.2, 0) is 0 Å². The molecule has 0 fully saturated rings. The van der Waals surface area contributed by atoms with Crippen LogP contribution in [0, 0.1) is 0 Å². The number of hydrogen-bond donors (Lipinski definition) is 2. The molecule has 17 heavy (non-hydrogen) atoms. The number of benzene rings is 2. The summed E-state index contributed by atoms with van der Waals surface area (Å²) in [5.41, 5.74) is 2.09. The van der Waals surface area contributed by atoms with E-state index in [-0.39, 0.29) is 5.25 Å². The second-order valence-corrected chi connectivity index (χ2v) is 4.71. The summed E-state index contributed by atoms with van der Waals surface area (Å²) in [5.74, 6) is 0. The first kappa shape index (κ1) is 12.2. The largest absolute Gasteiger partial charge is 0.388 e. The summed E-state index contributed by atoms with van der Waals surface area (Å²) < 4.78 is 0. The minimum atomic E-state index is -0.459. The van der Waals surface area contributed by atoms with E-state index in [9.17, 15) is 5.11 Å². The molecule has 0 saturated carbocycles. The molecule has 0 spiro atoms. The maximum atomic E-state index is 10.1. The summed E-state index contributed by atoms with van der Waals surface area (Å²) in [7, 11) is 0. The monoisotopic (exact) mass is 244 g/mol.